The van der Waals surface area contributed by atoms with E-state index in [0.717, 1.165) is 23.1 Å². The van der Waals surface area contributed by atoms with Gasteiger partial charge in [-0.05, 0) is 43.5 Å². The number of phenolic OH excluding ortho intramolecular Hbond substituents is 1. The third-order valence-corrected chi connectivity index (χ3v) is 5.75. The summed E-state index contributed by atoms with van der Waals surface area (Å²) in [5.74, 6) is 0.463. The van der Waals surface area contributed by atoms with Gasteiger partial charge in [0.2, 0.25) is 11.8 Å². The van der Waals surface area contributed by atoms with E-state index in [2.05, 4.69) is 0 Å². The largest absolute Gasteiger partial charge is 0.504 e. The Morgan fingerprint density at radius 3 is 2.59 bits per heavy atom. The van der Waals surface area contributed by atoms with Crippen molar-refractivity contribution in [3.63, 3.8) is 0 Å². The van der Waals surface area contributed by atoms with Crippen LogP contribution in [0.2, 0.25) is 0 Å². The summed E-state index contributed by atoms with van der Waals surface area (Å²) in [5.41, 5.74) is 3.80. The fraction of sp³-hybridized carbons (Fsp3) is 0.391. The van der Waals surface area contributed by atoms with E-state index in [1.807, 2.05) is 37.3 Å². The quantitative estimate of drug-likeness (QED) is 0.869. The minimum Gasteiger partial charge on any atom is -0.504 e. The minimum absolute atomic E-state index is 0.0385. The van der Waals surface area contributed by atoms with Crippen LogP contribution in [0.15, 0.2) is 36.4 Å². The zero-order chi connectivity index (χ0) is 20.5. The maximum absolute atomic E-state index is 13.1. The Morgan fingerprint density at radius 1 is 1.14 bits per heavy atom. The number of rotatable bonds is 3. The van der Waals surface area contributed by atoms with Crippen LogP contribution in [0.25, 0.3) is 11.1 Å². The number of fused-ring (bicyclic) bond motifs is 1. The molecule has 0 spiro atoms. The number of phenols is 1. The molecule has 1 atom stereocenters. The molecule has 1 fully saturated rings. The van der Waals surface area contributed by atoms with Gasteiger partial charge in [-0.25, -0.2) is 0 Å². The average molecular weight is 394 g/mol. The summed E-state index contributed by atoms with van der Waals surface area (Å²) in [6.45, 7) is 5.51. The molecule has 2 heterocycles. The number of aryl methyl sites for hydroxylation is 1. The smallest absolute Gasteiger partial charge is 0.245 e. The van der Waals surface area contributed by atoms with Crippen molar-refractivity contribution < 1.29 is 19.4 Å². The molecule has 4 rings (SSSR count). The first-order valence-electron chi connectivity index (χ1n) is 10.1. The molecule has 2 aliphatic heterocycles. The van der Waals surface area contributed by atoms with Gasteiger partial charge in [-0.3, -0.25) is 9.59 Å². The van der Waals surface area contributed by atoms with Crippen molar-refractivity contribution in [2.24, 2.45) is 0 Å². The van der Waals surface area contributed by atoms with Gasteiger partial charge in [0, 0.05) is 25.1 Å². The fourth-order valence-corrected chi connectivity index (χ4v) is 4.08. The number of carbonyl (C=O) groups is 2. The van der Waals surface area contributed by atoms with E-state index in [0.29, 0.717) is 38.4 Å². The van der Waals surface area contributed by atoms with Gasteiger partial charge in [-0.2, -0.15) is 0 Å². The third kappa shape index (κ3) is 3.79. The van der Waals surface area contributed by atoms with Crippen molar-refractivity contribution in [2.45, 2.75) is 39.3 Å². The van der Waals surface area contributed by atoms with E-state index in [-0.39, 0.29) is 17.6 Å². The van der Waals surface area contributed by atoms with Crippen molar-refractivity contribution in [3.05, 3.63) is 47.5 Å². The third-order valence-electron chi connectivity index (χ3n) is 5.75. The van der Waals surface area contributed by atoms with Crippen molar-refractivity contribution in [3.8, 4) is 22.6 Å². The molecule has 0 saturated carbocycles. The van der Waals surface area contributed by atoms with Crippen LogP contribution in [0, 0.1) is 6.92 Å². The molecule has 2 amide bonds. The molecule has 2 aliphatic rings. The van der Waals surface area contributed by atoms with E-state index < -0.39 is 6.04 Å². The van der Waals surface area contributed by atoms with Crippen molar-refractivity contribution in [2.75, 3.05) is 19.7 Å². The van der Waals surface area contributed by atoms with Gasteiger partial charge < -0.3 is 19.6 Å². The van der Waals surface area contributed by atoms with Crippen molar-refractivity contribution >= 4 is 11.8 Å². The lowest BCUT2D eigenvalue weighted by Gasteiger charge is -2.29. The van der Waals surface area contributed by atoms with E-state index >= 15 is 0 Å². The zero-order valence-corrected chi connectivity index (χ0v) is 16.9. The molecule has 2 aromatic rings. The van der Waals surface area contributed by atoms with E-state index in [9.17, 15) is 14.7 Å². The Labute approximate surface area is 170 Å². The predicted octanol–water partition coefficient (Wildman–Crippen LogP) is 3.10. The minimum atomic E-state index is -0.486. The predicted molar refractivity (Wildman–Crippen MR) is 110 cm³/mol. The summed E-state index contributed by atoms with van der Waals surface area (Å²) < 4.78 is 5.77. The van der Waals surface area contributed by atoms with Crippen LogP contribution in [0.1, 0.15) is 30.9 Å². The molecule has 29 heavy (non-hydrogen) atoms. The molecule has 6 nitrogen and oxygen atoms in total. The first-order chi connectivity index (χ1) is 13.9. The Morgan fingerprint density at radius 2 is 1.90 bits per heavy atom. The lowest BCUT2D eigenvalue weighted by Crippen LogP contribution is -2.47. The maximum Gasteiger partial charge on any atom is 0.245 e. The lowest BCUT2D eigenvalue weighted by molar-refractivity contribution is -0.143. The molecule has 0 unspecified atom stereocenters. The Kier molecular flexibility index (Phi) is 5.18. The second-order valence-corrected chi connectivity index (χ2v) is 7.82. The number of carbonyl (C=O) groups excluding carboxylic acids is 2. The van der Waals surface area contributed by atoms with Crippen LogP contribution in [0.3, 0.4) is 0 Å². The monoisotopic (exact) mass is 394 g/mol. The highest BCUT2D eigenvalue weighted by Crippen LogP contribution is 2.37. The first kappa shape index (κ1) is 19.3. The molecule has 1 saturated heterocycles. The molecule has 6 heteroatoms. The number of likely N-dealkylation sites (tertiary alicyclic amines) is 1. The Balaban J connectivity index is 1.61. The molecule has 0 aliphatic carbocycles. The molecule has 0 radical (unpaired) electrons. The number of aromatic hydroxyl groups is 1. The lowest BCUT2D eigenvalue weighted by atomic mass is 10.0. The summed E-state index contributed by atoms with van der Waals surface area (Å²) in [5, 5.41) is 10.5. The molecule has 152 valence electrons. The average Bonchev–Trinajstić information content (AvgIpc) is 3.01. The van der Waals surface area contributed by atoms with Crippen LogP contribution in [0.4, 0.5) is 0 Å². The SMILES string of the molecule is Cc1ccc(-c2cc(O)c3c(c2)CN(C(=O)[C@@H](C)N2CCCC2=O)CCO3)cc1. The van der Waals surface area contributed by atoms with Gasteiger partial charge in [0.05, 0.1) is 6.54 Å². The number of benzene rings is 2. The van der Waals surface area contributed by atoms with Gasteiger partial charge in [-0.15, -0.1) is 0 Å². The molecular formula is C23H26N2O4. The van der Waals surface area contributed by atoms with Crippen LogP contribution < -0.4 is 4.74 Å². The zero-order valence-electron chi connectivity index (χ0n) is 16.9. The van der Waals surface area contributed by atoms with Crippen molar-refractivity contribution in [1.82, 2.24) is 9.80 Å². The van der Waals surface area contributed by atoms with Crippen LogP contribution in [0.5, 0.6) is 11.5 Å². The number of hydrogen-bond donors (Lipinski definition) is 1. The standard InChI is InChI=1S/C23H26N2O4/c1-15-5-7-17(8-6-15)18-12-19-14-24(10-11-29-22(19)20(26)13-18)23(28)16(2)25-9-3-4-21(25)27/h5-8,12-13,16,26H,3-4,9-11,14H2,1-2H3/t16-/m1/s1. The van der Waals surface area contributed by atoms with E-state index in [4.69, 9.17) is 4.74 Å². The highest BCUT2D eigenvalue weighted by atomic mass is 16.5. The van der Waals surface area contributed by atoms with Gasteiger partial charge in [-0.1, -0.05) is 29.8 Å². The molecular weight excluding hydrogens is 368 g/mol. The second-order valence-electron chi connectivity index (χ2n) is 7.82. The number of ether oxygens (including phenoxy) is 1. The Hall–Kier alpha value is -3.02. The maximum atomic E-state index is 13.1. The Bertz CT molecular complexity index is 939. The highest BCUT2D eigenvalue weighted by Gasteiger charge is 2.33. The van der Waals surface area contributed by atoms with Gasteiger partial charge in [0.15, 0.2) is 11.5 Å². The molecule has 2 aromatic carbocycles. The van der Waals surface area contributed by atoms with E-state index in [1.54, 1.807) is 22.8 Å². The van der Waals surface area contributed by atoms with Crippen LogP contribution in [-0.2, 0) is 16.1 Å². The second kappa shape index (κ2) is 7.78. The van der Waals surface area contributed by atoms with Crippen LogP contribution >= 0.6 is 0 Å². The molecule has 1 N–H and O–H groups in total. The van der Waals surface area contributed by atoms with Gasteiger partial charge in [0.25, 0.3) is 0 Å². The normalized spacial score (nSPS) is 17.5. The molecule has 0 bridgehead atoms. The summed E-state index contributed by atoms with van der Waals surface area (Å²) in [6.07, 6.45) is 1.31. The summed E-state index contributed by atoms with van der Waals surface area (Å²) >= 11 is 0. The summed E-state index contributed by atoms with van der Waals surface area (Å²) in [6, 6.07) is 11.3. The summed E-state index contributed by atoms with van der Waals surface area (Å²) in [4.78, 5) is 28.5. The van der Waals surface area contributed by atoms with Crippen molar-refractivity contribution in [1.29, 1.82) is 0 Å². The highest BCUT2D eigenvalue weighted by molar-refractivity contribution is 5.88. The van der Waals surface area contributed by atoms with Gasteiger partial charge >= 0.3 is 0 Å². The topological polar surface area (TPSA) is 70.1 Å². The van der Waals surface area contributed by atoms with E-state index in [1.165, 1.54) is 5.56 Å². The van der Waals surface area contributed by atoms with Crippen LogP contribution in [-0.4, -0.2) is 52.5 Å². The molecule has 0 aromatic heterocycles. The number of hydrogen-bond acceptors (Lipinski definition) is 4. The summed E-state index contributed by atoms with van der Waals surface area (Å²) in [7, 11) is 0. The fourth-order valence-electron chi connectivity index (χ4n) is 4.08. The number of nitrogens with zero attached hydrogens (tertiary/aromatic N) is 2. The number of amides is 2. The van der Waals surface area contributed by atoms with Gasteiger partial charge in [0.1, 0.15) is 12.6 Å². The first-order valence-corrected chi connectivity index (χ1v) is 10.1.